The summed E-state index contributed by atoms with van der Waals surface area (Å²) in [5.41, 5.74) is 4.78. The highest BCUT2D eigenvalue weighted by Gasteiger charge is 2.16. The summed E-state index contributed by atoms with van der Waals surface area (Å²) < 4.78 is 0. The van der Waals surface area contributed by atoms with Gasteiger partial charge in [-0.15, -0.1) is 35.7 Å². The standard InChI is InChI=1S/C22H29N5OS.HI/c1-16-4-7-18(20(12-16)29-3)14-26-22(23-2)25-13-17-5-8-19(9-6-17)27-11-10-24-21(28)15-27;/h4-9,12H,10-11,13-15H2,1-3H3,(H,24,28)(H2,23,25,26);1H. The summed E-state index contributed by atoms with van der Waals surface area (Å²) in [5.74, 6) is 0.851. The van der Waals surface area contributed by atoms with Gasteiger partial charge in [0.05, 0.1) is 6.54 Å². The Morgan fingerprint density at radius 1 is 1.17 bits per heavy atom. The van der Waals surface area contributed by atoms with Crippen LogP contribution in [0.15, 0.2) is 52.4 Å². The van der Waals surface area contributed by atoms with Crippen LogP contribution in [0, 0.1) is 6.92 Å². The third kappa shape index (κ3) is 6.80. The van der Waals surface area contributed by atoms with Gasteiger partial charge in [-0.2, -0.15) is 0 Å². The zero-order valence-corrected chi connectivity index (χ0v) is 20.8. The molecule has 1 saturated heterocycles. The molecular weight excluding hydrogens is 509 g/mol. The van der Waals surface area contributed by atoms with Crippen LogP contribution >= 0.6 is 35.7 Å². The molecule has 6 nitrogen and oxygen atoms in total. The van der Waals surface area contributed by atoms with Crippen molar-refractivity contribution in [3.63, 3.8) is 0 Å². The summed E-state index contributed by atoms with van der Waals surface area (Å²) in [6.45, 7) is 5.49. The number of aliphatic imine (C=N–C) groups is 1. The fourth-order valence-electron chi connectivity index (χ4n) is 3.27. The molecule has 0 radical (unpaired) electrons. The highest BCUT2D eigenvalue weighted by molar-refractivity contribution is 14.0. The Labute approximate surface area is 200 Å². The van der Waals surface area contributed by atoms with Crippen molar-refractivity contribution in [1.82, 2.24) is 16.0 Å². The van der Waals surface area contributed by atoms with Crippen molar-refractivity contribution in [1.29, 1.82) is 0 Å². The summed E-state index contributed by atoms with van der Waals surface area (Å²) in [7, 11) is 1.78. The Morgan fingerprint density at radius 2 is 1.90 bits per heavy atom. The van der Waals surface area contributed by atoms with E-state index in [1.807, 2.05) is 0 Å². The number of halogens is 1. The van der Waals surface area contributed by atoms with Crippen LogP contribution < -0.4 is 20.9 Å². The molecule has 1 amide bonds. The molecule has 0 bridgehead atoms. The van der Waals surface area contributed by atoms with Crippen LogP contribution in [-0.4, -0.2) is 44.8 Å². The topological polar surface area (TPSA) is 68.8 Å². The molecule has 2 aromatic carbocycles. The molecule has 0 unspecified atom stereocenters. The van der Waals surface area contributed by atoms with E-state index >= 15 is 0 Å². The molecule has 0 aromatic heterocycles. The molecule has 3 rings (SSSR count). The number of carbonyl (C=O) groups is 1. The second-order valence-corrected chi connectivity index (χ2v) is 7.88. The van der Waals surface area contributed by atoms with Crippen molar-refractivity contribution in [3.8, 4) is 0 Å². The summed E-state index contributed by atoms with van der Waals surface area (Å²) in [6, 6.07) is 14.8. The SMILES string of the molecule is CN=C(NCc1ccc(N2CCNC(=O)C2)cc1)NCc1ccc(C)cc1SC.I. The Balaban J connectivity index is 0.00000320. The van der Waals surface area contributed by atoms with E-state index in [0.29, 0.717) is 19.6 Å². The molecule has 162 valence electrons. The van der Waals surface area contributed by atoms with E-state index in [0.717, 1.165) is 24.7 Å². The number of hydrogen-bond acceptors (Lipinski definition) is 4. The van der Waals surface area contributed by atoms with Crippen LogP contribution in [0.25, 0.3) is 0 Å². The van der Waals surface area contributed by atoms with Crippen LogP contribution in [-0.2, 0) is 17.9 Å². The van der Waals surface area contributed by atoms with E-state index in [2.05, 4.69) is 81.5 Å². The number of anilines is 1. The predicted octanol–water partition coefficient (Wildman–Crippen LogP) is 3.14. The summed E-state index contributed by atoms with van der Waals surface area (Å²) in [4.78, 5) is 19.3. The Bertz CT molecular complexity index is 872. The maximum Gasteiger partial charge on any atom is 0.239 e. The first-order chi connectivity index (χ1) is 14.1. The molecule has 2 aromatic rings. The van der Waals surface area contributed by atoms with Gasteiger partial charge in [-0.05, 0) is 48.1 Å². The molecule has 0 saturated carbocycles. The zero-order valence-electron chi connectivity index (χ0n) is 17.7. The van der Waals surface area contributed by atoms with E-state index in [-0.39, 0.29) is 29.9 Å². The highest BCUT2D eigenvalue weighted by Crippen LogP contribution is 2.21. The maximum atomic E-state index is 11.6. The first-order valence-electron chi connectivity index (χ1n) is 9.77. The molecule has 3 N–H and O–H groups in total. The minimum Gasteiger partial charge on any atom is -0.360 e. The highest BCUT2D eigenvalue weighted by atomic mass is 127. The van der Waals surface area contributed by atoms with Crippen molar-refractivity contribution < 1.29 is 4.79 Å². The lowest BCUT2D eigenvalue weighted by molar-refractivity contribution is -0.120. The first-order valence-corrected chi connectivity index (χ1v) is 11.0. The number of hydrogen-bond donors (Lipinski definition) is 3. The predicted molar refractivity (Wildman–Crippen MR) is 137 cm³/mol. The average molecular weight is 539 g/mol. The average Bonchev–Trinajstić information content (AvgIpc) is 2.75. The zero-order chi connectivity index (χ0) is 20.6. The van der Waals surface area contributed by atoms with Crippen LogP contribution in [0.4, 0.5) is 5.69 Å². The van der Waals surface area contributed by atoms with E-state index in [1.54, 1.807) is 18.8 Å². The molecule has 1 aliphatic rings. The largest absolute Gasteiger partial charge is 0.360 e. The number of amides is 1. The number of benzene rings is 2. The van der Waals surface area contributed by atoms with Gasteiger partial charge in [0, 0.05) is 43.8 Å². The quantitative estimate of drug-likeness (QED) is 0.228. The van der Waals surface area contributed by atoms with Crippen molar-refractivity contribution >= 4 is 53.3 Å². The Morgan fingerprint density at radius 3 is 2.57 bits per heavy atom. The van der Waals surface area contributed by atoms with Crippen LogP contribution in [0.1, 0.15) is 16.7 Å². The number of guanidine groups is 1. The van der Waals surface area contributed by atoms with Crippen LogP contribution in [0.3, 0.4) is 0 Å². The first kappa shape index (κ1) is 24.3. The van der Waals surface area contributed by atoms with Gasteiger partial charge in [0.2, 0.25) is 5.91 Å². The number of aryl methyl sites for hydroxylation is 1. The second-order valence-electron chi connectivity index (χ2n) is 7.03. The van der Waals surface area contributed by atoms with E-state index in [9.17, 15) is 4.79 Å². The van der Waals surface area contributed by atoms with Crippen molar-refractivity contribution in [2.75, 3.05) is 37.8 Å². The molecule has 8 heteroatoms. The minimum absolute atomic E-state index is 0. The van der Waals surface area contributed by atoms with Gasteiger partial charge in [-0.1, -0.05) is 24.3 Å². The molecule has 1 heterocycles. The molecule has 0 atom stereocenters. The number of nitrogens with one attached hydrogen (secondary N) is 3. The summed E-state index contributed by atoms with van der Waals surface area (Å²) >= 11 is 1.76. The van der Waals surface area contributed by atoms with Gasteiger partial charge in [-0.3, -0.25) is 9.79 Å². The van der Waals surface area contributed by atoms with E-state index < -0.39 is 0 Å². The van der Waals surface area contributed by atoms with Crippen LogP contribution in [0.2, 0.25) is 0 Å². The maximum absolute atomic E-state index is 11.6. The monoisotopic (exact) mass is 539 g/mol. The Hall–Kier alpha value is -1.94. The molecule has 0 spiro atoms. The summed E-state index contributed by atoms with van der Waals surface area (Å²) in [5, 5.41) is 9.61. The van der Waals surface area contributed by atoms with Gasteiger partial charge >= 0.3 is 0 Å². The number of rotatable bonds is 6. The van der Waals surface area contributed by atoms with Gasteiger partial charge in [-0.25, -0.2) is 0 Å². The normalized spacial score (nSPS) is 14.0. The lowest BCUT2D eigenvalue weighted by Gasteiger charge is -2.28. The van der Waals surface area contributed by atoms with Crippen molar-refractivity contribution in [2.45, 2.75) is 24.9 Å². The molecule has 1 fully saturated rings. The summed E-state index contributed by atoms with van der Waals surface area (Å²) in [6.07, 6.45) is 2.10. The van der Waals surface area contributed by atoms with Crippen LogP contribution in [0.5, 0.6) is 0 Å². The fraction of sp³-hybridized carbons (Fsp3) is 0.364. The van der Waals surface area contributed by atoms with E-state index in [1.165, 1.54) is 21.6 Å². The van der Waals surface area contributed by atoms with E-state index in [4.69, 9.17) is 0 Å². The Kier molecular flexibility index (Phi) is 9.77. The number of carbonyl (C=O) groups excluding carboxylic acids is 1. The van der Waals surface area contributed by atoms with Crippen molar-refractivity contribution in [2.24, 2.45) is 4.99 Å². The minimum atomic E-state index is 0. The molecule has 1 aliphatic heterocycles. The third-order valence-corrected chi connectivity index (χ3v) is 5.73. The number of thioether (sulfide) groups is 1. The van der Waals surface area contributed by atoms with Gasteiger partial charge < -0.3 is 20.9 Å². The van der Waals surface area contributed by atoms with Gasteiger partial charge in [0.25, 0.3) is 0 Å². The third-order valence-electron chi connectivity index (χ3n) is 4.91. The fourth-order valence-corrected chi connectivity index (χ4v) is 3.97. The smallest absolute Gasteiger partial charge is 0.239 e. The van der Waals surface area contributed by atoms with Gasteiger partial charge in [0.1, 0.15) is 0 Å². The molecular formula is C22H30IN5OS. The lowest BCUT2D eigenvalue weighted by Crippen LogP contribution is -2.47. The lowest BCUT2D eigenvalue weighted by atomic mass is 10.1. The second kappa shape index (κ2) is 12.0. The van der Waals surface area contributed by atoms with Gasteiger partial charge in [0.15, 0.2) is 5.96 Å². The molecule has 30 heavy (non-hydrogen) atoms. The van der Waals surface area contributed by atoms with Crippen molar-refractivity contribution in [3.05, 3.63) is 59.2 Å². The number of nitrogens with zero attached hydrogens (tertiary/aromatic N) is 2. The number of piperazine rings is 1. The molecule has 0 aliphatic carbocycles.